The molecule has 0 aliphatic carbocycles. The molecule has 1 aliphatic heterocycles. The summed E-state index contributed by atoms with van der Waals surface area (Å²) in [6.45, 7) is 10.3. The first-order chi connectivity index (χ1) is 13.1. The molecule has 1 N–H and O–H groups in total. The second kappa shape index (κ2) is 7.33. The highest BCUT2D eigenvalue weighted by Crippen LogP contribution is 2.31. The predicted molar refractivity (Wildman–Crippen MR) is 108 cm³/mol. The fourth-order valence-corrected chi connectivity index (χ4v) is 4.96. The van der Waals surface area contributed by atoms with Gasteiger partial charge >= 0.3 is 0 Å². The van der Waals surface area contributed by atoms with Crippen molar-refractivity contribution in [2.75, 3.05) is 6.54 Å². The summed E-state index contributed by atoms with van der Waals surface area (Å²) in [5, 5.41) is 3.00. The third kappa shape index (κ3) is 3.71. The first-order valence-corrected chi connectivity index (χ1v) is 11.0. The SMILES string of the molecule is CCC(C)(C)NC(=O)c1ncn2c1CN(CC(C)C)S(=O)(=O)c1ccccc1-2. The highest BCUT2D eigenvalue weighted by atomic mass is 32.2. The summed E-state index contributed by atoms with van der Waals surface area (Å²) in [5.41, 5.74) is 0.991. The zero-order valence-electron chi connectivity index (χ0n) is 17.1. The number of nitrogens with zero attached hydrogens (tertiary/aromatic N) is 3. The fourth-order valence-electron chi connectivity index (χ4n) is 3.21. The molecule has 1 aromatic carbocycles. The van der Waals surface area contributed by atoms with Crippen LogP contribution in [-0.2, 0) is 16.6 Å². The number of amides is 1. The Bertz CT molecular complexity index is 993. The molecule has 2 heterocycles. The summed E-state index contributed by atoms with van der Waals surface area (Å²) in [4.78, 5) is 17.5. The van der Waals surface area contributed by atoms with Crippen LogP contribution < -0.4 is 5.32 Å². The standard InChI is InChI=1S/C20H28N4O3S/c1-6-20(4,5)22-19(25)18-16-12-23(11-14(2)3)28(26,27)17-10-8-7-9-15(17)24(16)13-21-18/h7-10,13-14H,6,11-12H2,1-5H3,(H,22,25). The van der Waals surface area contributed by atoms with Crippen molar-refractivity contribution < 1.29 is 13.2 Å². The van der Waals surface area contributed by atoms with Crippen LogP contribution in [0.2, 0.25) is 0 Å². The minimum Gasteiger partial charge on any atom is -0.346 e. The predicted octanol–water partition coefficient (Wildman–Crippen LogP) is 2.95. The Balaban J connectivity index is 2.15. The highest BCUT2D eigenvalue weighted by Gasteiger charge is 2.35. The zero-order chi connectivity index (χ0) is 20.7. The Kier molecular flexibility index (Phi) is 5.38. The average molecular weight is 405 g/mol. The molecule has 3 rings (SSSR count). The number of carbonyl (C=O) groups excluding carboxylic acids is 1. The normalized spacial score (nSPS) is 16.4. The number of hydrogen-bond donors (Lipinski definition) is 1. The molecule has 152 valence electrons. The third-order valence-electron chi connectivity index (χ3n) is 5.05. The molecule has 8 heteroatoms. The molecule has 0 radical (unpaired) electrons. The Morgan fingerprint density at radius 3 is 2.61 bits per heavy atom. The van der Waals surface area contributed by atoms with Gasteiger partial charge in [0.25, 0.3) is 5.91 Å². The lowest BCUT2D eigenvalue weighted by molar-refractivity contribution is 0.0904. The van der Waals surface area contributed by atoms with E-state index < -0.39 is 10.0 Å². The molecule has 0 spiro atoms. The van der Waals surface area contributed by atoms with Crippen molar-refractivity contribution in [3.8, 4) is 5.69 Å². The van der Waals surface area contributed by atoms with Gasteiger partial charge in [0.1, 0.15) is 11.2 Å². The molecule has 0 saturated heterocycles. The smallest absolute Gasteiger partial charge is 0.272 e. The molecule has 28 heavy (non-hydrogen) atoms. The summed E-state index contributed by atoms with van der Waals surface area (Å²) < 4.78 is 29.7. The van der Waals surface area contributed by atoms with E-state index in [1.165, 1.54) is 10.6 Å². The summed E-state index contributed by atoms with van der Waals surface area (Å²) >= 11 is 0. The molecule has 0 saturated carbocycles. The van der Waals surface area contributed by atoms with Crippen molar-refractivity contribution in [1.29, 1.82) is 0 Å². The van der Waals surface area contributed by atoms with Crippen LogP contribution in [0.3, 0.4) is 0 Å². The van der Waals surface area contributed by atoms with Gasteiger partial charge < -0.3 is 5.32 Å². The van der Waals surface area contributed by atoms with Crippen molar-refractivity contribution in [2.24, 2.45) is 5.92 Å². The van der Waals surface area contributed by atoms with Gasteiger partial charge in [-0.2, -0.15) is 4.31 Å². The maximum absolute atomic E-state index is 13.3. The van der Waals surface area contributed by atoms with Crippen LogP contribution in [0.25, 0.3) is 5.69 Å². The van der Waals surface area contributed by atoms with Crippen LogP contribution in [0.15, 0.2) is 35.5 Å². The second-order valence-corrected chi connectivity index (χ2v) is 10.2. The molecular weight excluding hydrogens is 376 g/mol. The summed E-state index contributed by atoms with van der Waals surface area (Å²) in [6.07, 6.45) is 2.31. The van der Waals surface area contributed by atoms with Gasteiger partial charge in [-0.3, -0.25) is 9.36 Å². The van der Waals surface area contributed by atoms with Gasteiger partial charge in [-0.15, -0.1) is 0 Å². The Labute approximate surface area is 166 Å². The molecule has 1 aromatic heterocycles. The van der Waals surface area contributed by atoms with Crippen molar-refractivity contribution in [3.05, 3.63) is 42.0 Å². The van der Waals surface area contributed by atoms with E-state index in [0.717, 1.165) is 6.42 Å². The van der Waals surface area contributed by atoms with Gasteiger partial charge in [-0.05, 0) is 38.3 Å². The number of carbonyl (C=O) groups is 1. The number of nitrogens with one attached hydrogen (secondary N) is 1. The number of sulfonamides is 1. The topological polar surface area (TPSA) is 84.3 Å². The molecule has 0 atom stereocenters. The van der Waals surface area contributed by atoms with Gasteiger partial charge in [-0.1, -0.05) is 32.9 Å². The van der Waals surface area contributed by atoms with Crippen molar-refractivity contribution in [1.82, 2.24) is 19.2 Å². The quantitative estimate of drug-likeness (QED) is 0.830. The van der Waals surface area contributed by atoms with E-state index in [4.69, 9.17) is 0 Å². The van der Waals surface area contributed by atoms with Gasteiger partial charge in [0, 0.05) is 12.1 Å². The van der Waals surface area contributed by atoms with Crippen LogP contribution in [0.4, 0.5) is 0 Å². The molecule has 0 unspecified atom stereocenters. The number of benzene rings is 1. The van der Waals surface area contributed by atoms with Gasteiger partial charge in [0.05, 0.1) is 17.9 Å². The number of hydrogen-bond acceptors (Lipinski definition) is 4. The molecule has 0 bridgehead atoms. The second-order valence-electron chi connectivity index (χ2n) is 8.26. The van der Waals surface area contributed by atoms with E-state index in [1.54, 1.807) is 28.8 Å². The summed E-state index contributed by atoms with van der Waals surface area (Å²) in [6, 6.07) is 6.85. The lowest BCUT2D eigenvalue weighted by Crippen LogP contribution is -2.43. The van der Waals surface area contributed by atoms with Crippen molar-refractivity contribution >= 4 is 15.9 Å². The van der Waals surface area contributed by atoms with Crippen LogP contribution in [0.5, 0.6) is 0 Å². The monoisotopic (exact) mass is 404 g/mol. The third-order valence-corrected chi connectivity index (χ3v) is 6.91. The lowest BCUT2D eigenvalue weighted by atomic mass is 10.0. The van der Waals surface area contributed by atoms with Gasteiger partial charge in [0.15, 0.2) is 5.69 Å². The number of aromatic nitrogens is 2. The molecular formula is C20H28N4O3S. The zero-order valence-corrected chi connectivity index (χ0v) is 17.9. The van der Waals surface area contributed by atoms with Crippen LogP contribution in [0, 0.1) is 5.92 Å². The van der Waals surface area contributed by atoms with E-state index in [0.29, 0.717) is 17.9 Å². The van der Waals surface area contributed by atoms with Crippen LogP contribution in [-0.4, -0.2) is 40.3 Å². The van der Waals surface area contributed by atoms with Crippen LogP contribution >= 0.6 is 0 Å². The van der Waals surface area contributed by atoms with Crippen molar-refractivity contribution in [2.45, 2.75) is 58.0 Å². The summed E-state index contributed by atoms with van der Waals surface area (Å²) in [7, 11) is -3.68. The van der Waals surface area contributed by atoms with Crippen molar-refractivity contribution in [3.63, 3.8) is 0 Å². The largest absolute Gasteiger partial charge is 0.346 e. The minimum atomic E-state index is -3.68. The van der Waals surface area contributed by atoms with E-state index >= 15 is 0 Å². The Morgan fingerprint density at radius 2 is 1.96 bits per heavy atom. The number of imidazole rings is 1. The number of para-hydroxylation sites is 1. The molecule has 2 aromatic rings. The van der Waals surface area contributed by atoms with E-state index in [2.05, 4.69) is 10.3 Å². The van der Waals surface area contributed by atoms with Gasteiger partial charge in [-0.25, -0.2) is 13.4 Å². The first-order valence-electron chi connectivity index (χ1n) is 9.55. The Hall–Kier alpha value is -2.19. The van der Waals surface area contributed by atoms with Gasteiger partial charge in [0.2, 0.25) is 10.0 Å². The summed E-state index contributed by atoms with van der Waals surface area (Å²) in [5.74, 6) is -0.144. The number of fused-ring (bicyclic) bond motifs is 3. The Morgan fingerprint density at radius 1 is 1.29 bits per heavy atom. The average Bonchev–Trinajstić information content (AvgIpc) is 3.00. The van der Waals surface area contributed by atoms with E-state index in [-0.39, 0.29) is 34.5 Å². The van der Waals surface area contributed by atoms with E-state index in [9.17, 15) is 13.2 Å². The number of rotatable bonds is 5. The van der Waals surface area contributed by atoms with E-state index in [1.807, 2.05) is 34.6 Å². The maximum atomic E-state index is 13.3. The highest BCUT2D eigenvalue weighted by molar-refractivity contribution is 7.89. The minimum absolute atomic E-state index is 0.102. The lowest BCUT2D eigenvalue weighted by Gasteiger charge is -2.25. The maximum Gasteiger partial charge on any atom is 0.272 e. The first kappa shape index (κ1) is 20.5. The molecule has 1 amide bonds. The molecule has 0 fully saturated rings. The molecule has 1 aliphatic rings. The fraction of sp³-hybridized carbons (Fsp3) is 0.500. The molecule has 7 nitrogen and oxygen atoms in total. The van der Waals surface area contributed by atoms with Crippen LogP contribution in [0.1, 0.15) is 57.2 Å².